The van der Waals surface area contributed by atoms with E-state index in [1.165, 1.54) is 0 Å². The third kappa shape index (κ3) is 2.16. The van der Waals surface area contributed by atoms with Crippen LogP contribution < -0.4 is 5.73 Å². The quantitative estimate of drug-likeness (QED) is 0.681. The van der Waals surface area contributed by atoms with E-state index < -0.39 is 0 Å². The fourth-order valence-electron chi connectivity index (χ4n) is 1.00. The van der Waals surface area contributed by atoms with Gasteiger partial charge in [-0.05, 0) is 6.07 Å². The summed E-state index contributed by atoms with van der Waals surface area (Å²) in [6.07, 6.45) is 4.01. The molecule has 13 heavy (non-hydrogen) atoms. The summed E-state index contributed by atoms with van der Waals surface area (Å²) < 4.78 is 0. The van der Waals surface area contributed by atoms with Crippen molar-refractivity contribution >= 4 is 12.4 Å². The van der Waals surface area contributed by atoms with E-state index in [0.717, 1.165) is 0 Å². The minimum atomic E-state index is 0.00204. The van der Waals surface area contributed by atoms with Crippen LogP contribution in [0.15, 0.2) is 24.3 Å². The van der Waals surface area contributed by atoms with Crippen LogP contribution in [-0.2, 0) is 0 Å². The van der Waals surface area contributed by atoms with E-state index in [4.69, 9.17) is 5.73 Å². The average molecular weight is 177 g/mol. The van der Waals surface area contributed by atoms with Gasteiger partial charge < -0.3 is 10.8 Å². The summed E-state index contributed by atoms with van der Waals surface area (Å²) >= 11 is 0. The Morgan fingerprint density at radius 1 is 1.38 bits per heavy atom. The van der Waals surface area contributed by atoms with Crippen molar-refractivity contribution in [1.29, 1.82) is 0 Å². The van der Waals surface area contributed by atoms with E-state index in [9.17, 15) is 9.90 Å². The Balaban J connectivity index is 3.08. The minimum absolute atomic E-state index is 0.00204. The number of phenols is 1. The molecule has 0 saturated heterocycles. The van der Waals surface area contributed by atoms with Gasteiger partial charge in [-0.3, -0.25) is 4.79 Å². The maximum Gasteiger partial charge on any atom is 0.153 e. The molecule has 0 atom stereocenters. The van der Waals surface area contributed by atoms with Crippen LogP contribution in [0.5, 0.6) is 5.75 Å². The molecule has 0 aliphatic heterocycles. The molecule has 1 aromatic carbocycles. The monoisotopic (exact) mass is 177 g/mol. The average Bonchev–Trinajstić information content (AvgIpc) is 2.16. The molecule has 0 radical (unpaired) electrons. The highest BCUT2D eigenvalue weighted by molar-refractivity contribution is 5.82. The van der Waals surface area contributed by atoms with E-state index in [-0.39, 0.29) is 5.75 Å². The second kappa shape index (κ2) is 4.42. The number of rotatable bonds is 3. The van der Waals surface area contributed by atoms with Crippen molar-refractivity contribution in [3.63, 3.8) is 0 Å². The van der Waals surface area contributed by atoms with Gasteiger partial charge in [0.2, 0.25) is 0 Å². The molecular weight excluding hydrogens is 166 g/mol. The van der Waals surface area contributed by atoms with Gasteiger partial charge >= 0.3 is 0 Å². The summed E-state index contributed by atoms with van der Waals surface area (Å²) in [7, 11) is 0. The molecule has 0 heterocycles. The van der Waals surface area contributed by atoms with Crippen LogP contribution in [0.4, 0.5) is 0 Å². The van der Waals surface area contributed by atoms with Crippen molar-refractivity contribution in [2.24, 2.45) is 5.73 Å². The van der Waals surface area contributed by atoms with Crippen molar-refractivity contribution in [2.75, 3.05) is 6.54 Å². The Kier molecular flexibility index (Phi) is 3.23. The molecule has 68 valence electrons. The Labute approximate surface area is 76.5 Å². The Bertz CT molecular complexity index is 332. The molecule has 0 aromatic heterocycles. The molecule has 1 rings (SSSR count). The highest BCUT2D eigenvalue weighted by Crippen LogP contribution is 2.21. The van der Waals surface area contributed by atoms with Crippen molar-refractivity contribution in [3.05, 3.63) is 35.4 Å². The lowest BCUT2D eigenvalue weighted by atomic mass is 10.1. The molecule has 0 fully saturated rings. The van der Waals surface area contributed by atoms with Crippen molar-refractivity contribution in [2.45, 2.75) is 0 Å². The Morgan fingerprint density at radius 3 is 2.69 bits per heavy atom. The Morgan fingerprint density at radius 2 is 2.08 bits per heavy atom. The standard InChI is InChI=1S/C10H11NO2/c11-6-2-5-8-3-1-4-9(7-12)10(8)13/h1-5,7,13H,6,11H2. The predicted octanol–water partition coefficient (Wildman–Crippen LogP) is 1.18. The molecule has 0 saturated carbocycles. The fourth-order valence-corrected chi connectivity index (χ4v) is 1.00. The van der Waals surface area contributed by atoms with Gasteiger partial charge in [-0.2, -0.15) is 0 Å². The third-order valence-electron chi connectivity index (χ3n) is 1.66. The second-order valence-corrected chi connectivity index (χ2v) is 2.54. The van der Waals surface area contributed by atoms with Gasteiger partial charge in [0.1, 0.15) is 5.75 Å². The largest absolute Gasteiger partial charge is 0.507 e. The summed E-state index contributed by atoms with van der Waals surface area (Å²) in [6, 6.07) is 4.98. The Hall–Kier alpha value is -1.61. The number of carbonyl (C=O) groups is 1. The van der Waals surface area contributed by atoms with Crippen molar-refractivity contribution in [3.8, 4) is 5.75 Å². The van der Waals surface area contributed by atoms with Gasteiger partial charge in [-0.25, -0.2) is 0 Å². The molecule has 0 aliphatic carbocycles. The fraction of sp³-hybridized carbons (Fsp3) is 0.100. The topological polar surface area (TPSA) is 63.3 Å². The van der Waals surface area contributed by atoms with E-state index >= 15 is 0 Å². The number of benzene rings is 1. The number of aromatic hydroxyl groups is 1. The maximum absolute atomic E-state index is 10.4. The minimum Gasteiger partial charge on any atom is -0.507 e. The van der Waals surface area contributed by atoms with Gasteiger partial charge in [0.25, 0.3) is 0 Å². The molecule has 0 bridgehead atoms. The molecule has 0 unspecified atom stereocenters. The third-order valence-corrected chi connectivity index (χ3v) is 1.66. The lowest BCUT2D eigenvalue weighted by Crippen LogP contribution is -1.92. The second-order valence-electron chi connectivity index (χ2n) is 2.54. The summed E-state index contributed by atoms with van der Waals surface area (Å²) in [5.41, 5.74) is 6.16. The zero-order valence-electron chi connectivity index (χ0n) is 7.10. The van der Waals surface area contributed by atoms with Crippen LogP contribution in [0.1, 0.15) is 15.9 Å². The van der Waals surface area contributed by atoms with Crippen LogP contribution in [0.3, 0.4) is 0 Å². The van der Waals surface area contributed by atoms with Crippen molar-refractivity contribution in [1.82, 2.24) is 0 Å². The zero-order chi connectivity index (χ0) is 9.68. The highest BCUT2D eigenvalue weighted by atomic mass is 16.3. The molecule has 3 heteroatoms. The van der Waals surface area contributed by atoms with Crippen LogP contribution in [-0.4, -0.2) is 17.9 Å². The number of para-hydroxylation sites is 1. The lowest BCUT2D eigenvalue weighted by molar-refractivity contribution is 0.112. The van der Waals surface area contributed by atoms with Crippen LogP contribution in [0.25, 0.3) is 6.08 Å². The normalized spacial score (nSPS) is 10.5. The SMILES string of the molecule is NCC=Cc1cccc(C=O)c1O. The first-order valence-corrected chi connectivity index (χ1v) is 3.93. The molecule has 1 aromatic rings. The van der Waals surface area contributed by atoms with Crippen LogP contribution >= 0.6 is 0 Å². The predicted molar refractivity (Wildman–Crippen MR) is 51.6 cm³/mol. The maximum atomic E-state index is 10.4. The van der Waals surface area contributed by atoms with E-state index in [2.05, 4.69) is 0 Å². The molecule has 0 amide bonds. The number of hydrogen-bond donors (Lipinski definition) is 2. The van der Waals surface area contributed by atoms with E-state index in [1.807, 2.05) is 0 Å². The molecule has 0 spiro atoms. The number of nitrogens with two attached hydrogens (primary N) is 1. The molecule has 3 nitrogen and oxygen atoms in total. The first-order chi connectivity index (χ1) is 6.29. The zero-order valence-corrected chi connectivity index (χ0v) is 7.10. The van der Waals surface area contributed by atoms with Crippen LogP contribution in [0, 0.1) is 0 Å². The first-order valence-electron chi connectivity index (χ1n) is 3.93. The molecular formula is C10H11NO2. The smallest absolute Gasteiger partial charge is 0.153 e. The van der Waals surface area contributed by atoms with E-state index in [1.54, 1.807) is 30.4 Å². The van der Waals surface area contributed by atoms with Gasteiger partial charge in [0.15, 0.2) is 6.29 Å². The first kappa shape index (κ1) is 9.48. The lowest BCUT2D eigenvalue weighted by Gasteiger charge is -2.00. The highest BCUT2D eigenvalue weighted by Gasteiger charge is 2.01. The number of carbonyl (C=O) groups excluding carboxylic acids is 1. The summed E-state index contributed by atoms with van der Waals surface area (Å²) in [5, 5.41) is 9.49. The molecule has 3 N–H and O–H groups in total. The molecule has 0 aliphatic rings. The van der Waals surface area contributed by atoms with Crippen molar-refractivity contribution < 1.29 is 9.90 Å². The number of hydrogen-bond acceptors (Lipinski definition) is 3. The number of phenolic OH excluding ortho intramolecular Hbond substituents is 1. The van der Waals surface area contributed by atoms with Crippen LogP contribution in [0.2, 0.25) is 0 Å². The van der Waals surface area contributed by atoms with Gasteiger partial charge in [0, 0.05) is 12.1 Å². The number of aldehydes is 1. The van der Waals surface area contributed by atoms with Gasteiger partial charge in [-0.1, -0.05) is 24.3 Å². The van der Waals surface area contributed by atoms with Gasteiger partial charge in [-0.15, -0.1) is 0 Å². The summed E-state index contributed by atoms with van der Waals surface area (Å²) in [6.45, 7) is 0.407. The summed E-state index contributed by atoms with van der Waals surface area (Å²) in [5.74, 6) is 0.00204. The summed E-state index contributed by atoms with van der Waals surface area (Å²) in [4.78, 5) is 10.4. The van der Waals surface area contributed by atoms with E-state index in [0.29, 0.717) is 24.0 Å². The van der Waals surface area contributed by atoms with Gasteiger partial charge in [0.05, 0.1) is 5.56 Å².